The number of rotatable bonds is 17. The van der Waals surface area contributed by atoms with Gasteiger partial charge in [0, 0.05) is 102 Å². The highest BCUT2D eigenvalue weighted by Crippen LogP contribution is 2.56. The van der Waals surface area contributed by atoms with Gasteiger partial charge in [-0.1, -0.05) is 54.1 Å². The van der Waals surface area contributed by atoms with Crippen LogP contribution in [0, 0.1) is 6.92 Å². The Labute approximate surface area is 439 Å². The van der Waals surface area contributed by atoms with Crippen LogP contribution in [-0.2, 0) is 25.5 Å². The zero-order chi connectivity index (χ0) is 52.4. The van der Waals surface area contributed by atoms with Gasteiger partial charge in [-0.3, -0.25) is 9.24 Å². The zero-order valence-corrected chi connectivity index (χ0v) is 44.3. The molecule has 20 heteroatoms. The molecule has 1 unspecified atom stereocenters. The van der Waals surface area contributed by atoms with E-state index in [2.05, 4.69) is 20.0 Å². The number of carboxylic acids is 1. The Hall–Kier alpha value is -5.46. The van der Waals surface area contributed by atoms with Crippen LogP contribution in [0.5, 0.6) is 0 Å². The molecule has 3 aliphatic rings. The van der Waals surface area contributed by atoms with E-state index in [0.717, 1.165) is 39.2 Å². The van der Waals surface area contributed by atoms with Crippen molar-refractivity contribution in [3.05, 3.63) is 138 Å². The highest BCUT2D eigenvalue weighted by Gasteiger charge is 2.49. The number of sulfone groups is 1. The van der Waals surface area contributed by atoms with Crippen LogP contribution in [0.4, 0.5) is 35.9 Å². The van der Waals surface area contributed by atoms with E-state index in [1.807, 2.05) is 97.3 Å². The first-order chi connectivity index (χ1) is 35.4. The van der Waals surface area contributed by atoms with Crippen molar-refractivity contribution in [1.82, 2.24) is 9.47 Å². The van der Waals surface area contributed by atoms with Crippen molar-refractivity contribution in [3.8, 4) is 22.4 Å². The maximum absolute atomic E-state index is 15.0. The molecule has 0 amide bonds. The predicted octanol–water partition coefficient (Wildman–Crippen LogP) is 10.9. The standard InChI is InChI=1S/C54H59ClF3N6O7PS2/c1-3-63-37(2)50(53(66)67)51(52(63)38-12-14-40(55)15-13-38)39-8-7-9-44(34-39)62-30-28-61(29-31-62)42-16-18-43(19-17-42)64-32-33-71-72(64,68)46-20-21-48(49(35-46)74(69,70)54(56,57)58)59-41(36-73-47-10-5-4-6-11-47)22-25-60-26-23-45(65)24-27-60/h4-21,34-35,41,45,59,65H,3,22-33,36H2,1-2H3,(H,66,67)/t41?,72-/m0/s1. The van der Waals surface area contributed by atoms with Gasteiger partial charge in [-0.15, -0.1) is 11.8 Å². The summed E-state index contributed by atoms with van der Waals surface area (Å²) in [5.41, 5.74) is 0.498. The molecule has 5 aromatic carbocycles. The minimum absolute atomic E-state index is 0.0000452. The number of halogens is 4. The molecule has 3 N–H and O–H groups in total. The number of benzene rings is 5. The number of piperidine rings is 1. The molecule has 4 heterocycles. The molecule has 9 rings (SSSR count). The molecule has 3 saturated heterocycles. The van der Waals surface area contributed by atoms with Crippen LogP contribution in [0.1, 0.15) is 42.2 Å². The Morgan fingerprint density at radius 1 is 0.838 bits per heavy atom. The number of carbonyl (C=O) groups is 1. The van der Waals surface area contributed by atoms with Gasteiger partial charge in [-0.25, -0.2) is 13.2 Å². The second kappa shape index (κ2) is 22.4. The molecule has 0 saturated carbocycles. The number of aliphatic hydroxyl groups is 1. The number of piperazine rings is 1. The van der Waals surface area contributed by atoms with Crippen LogP contribution >= 0.6 is 30.9 Å². The van der Waals surface area contributed by atoms with E-state index in [0.29, 0.717) is 99.3 Å². The van der Waals surface area contributed by atoms with Gasteiger partial charge in [0.25, 0.3) is 9.84 Å². The maximum atomic E-state index is 15.0. The minimum atomic E-state index is -5.94. The molecule has 3 fully saturated rings. The second-order valence-corrected chi connectivity index (χ2v) is 24.5. The Balaban J connectivity index is 0.919. The lowest BCUT2D eigenvalue weighted by atomic mass is 9.96. The molecule has 1 aromatic heterocycles. The number of anilines is 4. The maximum Gasteiger partial charge on any atom is 0.501 e. The number of nitrogens with one attached hydrogen (secondary N) is 1. The number of aromatic nitrogens is 1. The molecule has 0 aliphatic carbocycles. The average Bonchev–Trinajstić information content (AvgIpc) is 3.95. The molecule has 74 heavy (non-hydrogen) atoms. The second-order valence-electron chi connectivity index (χ2n) is 18.7. The monoisotopic (exact) mass is 1090 g/mol. The van der Waals surface area contributed by atoms with Crippen molar-refractivity contribution in [1.29, 1.82) is 0 Å². The van der Waals surface area contributed by atoms with Crippen LogP contribution in [0.25, 0.3) is 22.4 Å². The normalized spacial score (nSPS) is 18.5. The summed E-state index contributed by atoms with van der Waals surface area (Å²) in [7, 11) is -10.0. The smallest absolute Gasteiger partial charge is 0.478 e. The van der Waals surface area contributed by atoms with Gasteiger partial charge in [-0.05, 0) is 123 Å². The molecule has 392 valence electrons. The molecule has 6 aromatic rings. The first-order valence-corrected chi connectivity index (χ1v) is 29.1. The first-order valence-electron chi connectivity index (χ1n) is 24.7. The predicted molar refractivity (Wildman–Crippen MR) is 290 cm³/mol. The summed E-state index contributed by atoms with van der Waals surface area (Å²) in [6.07, 6.45) is 1.35. The third kappa shape index (κ3) is 11.2. The van der Waals surface area contributed by atoms with E-state index in [1.165, 1.54) is 28.6 Å². The SMILES string of the molecule is CCn1c(C)c(C(=O)O)c(-c2cccc(N3CCN(c4ccc(N5CCO[P@@]5(=O)c5ccc(NC(CCN6CCC(O)CC6)CSc6ccccc6)c(S(=O)(=O)C(F)(F)F)c5)cc4)CC3)c2)c1-c1ccc(Cl)cc1. The van der Waals surface area contributed by atoms with Gasteiger partial charge in [0.1, 0.15) is 4.90 Å². The van der Waals surface area contributed by atoms with Gasteiger partial charge in [0.05, 0.1) is 41.5 Å². The summed E-state index contributed by atoms with van der Waals surface area (Å²) in [6.45, 7) is 9.12. The number of thioether (sulfide) groups is 1. The lowest BCUT2D eigenvalue weighted by Crippen LogP contribution is -2.46. The van der Waals surface area contributed by atoms with Crippen molar-refractivity contribution >= 4 is 74.7 Å². The molecular weight excluding hydrogens is 1030 g/mol. The lowest BCUT2D eigenvalue weighted by molar-refractivity contribution is -0.0435. The number of hydrogen-bond acceptors (Lipinski definition) is 11. The number of alkyl halides is 3. The molecule has 3 aliphatic heterocycles. The van der Waals surface area contributed by atoms with Crippen molar-refractivity contribution in [2.24, 2.45) is 0 Å². The van der Waals surface area contributed by atoms with Crippen LogP contribution in [-0.4, -0.2) is 116 Å². The van der Waals surface area contributed by atoms with Gasteiger partial charge < -0.3 is 39.3 Å². The molecule has 0 spiro atoms. The van der Waals surface area contributed by atoms with E-state index in [-0.39, 0.29) is 35.8 Å². The molecular formula is C54H59ClF3N6O7PS2. The van der Waals surface area contributed by atoms with Gasteiger partial charge >= 0.3 is 19.0 Å². The number of likely N-dealkylation sites (tertiary alicyclic amines) is 1. The number of carboxylic acid groups (broad SMARTS) is 1. The van der Waals surface area contributed by atoms with Crippen LogP contribution in [0.2, 0.25) is 5.02 Å². The van der Waals surface area contributed by atoms with E-state index in [4.69, 9.17) is 16.1 Å². The number of nitrogens with zero attached hydrogens (tertiary/aromatic N) is 5. The van der Waals surface area contributed by atoms with Gasteiger partial charge in [-0.2, -0.15) is 13.2 Å². The summed E-state index contributed by atoms with van der Waals surface area (Å²) in [4.78, 5) is 19.4. The Bertz CT molecular complexity index is 3120. The third-order valence-electron chi connectivity index (χ3n) is 14.1. The van der Waals surface area contributed by atoms with Crippen molar-refractivity contribution < 1.29 is 45.7 Å². The summed E-state index contributed by atoms with van der Waals surface area (Å²) >= 11 is 7.74. The van der Waals surface area contributed by atoms with E-state index in [1.54, 1.807) is 24.3 Å². The Kier molecular flexibility index (Phi) is 16.2. The fourth-order valence-corrected chi connectivity index (χ4v) is 14.6. The number of aromatic carboxylic acids is 1. The van der Waals surface area contributed by atoms with E-state index in [9.17, 15) is 41.2 Å². The fraction of sp³-hybridized carbons (Fsp3) is 0.352. The Morgan fingerprint density at radius 2 is 1.50 bits per heavy atom. The zero-order valence-electron chi connectivity index (χ0n) is 41.0. The average molecular weight is 1090 g/mol. The van der Waals surface area contributed by atoms with Crippen LogP contribution in [0.3, 0.4) is 0 Å². The number of hydrogen-bond donors (Lipinski definition) is 3. The summed E-state index contributed by atoms with van der Waals surface area (Å²) in [5.74, 6) is -0.583. The minimum Gasteiger partial charge on any atom is -0.478 e. The molecule has 0 bridgehead atoms. The Morgan fingerprint density at radius 3 is 2.15 bits per heavy atom. The molecule has 13 nitrogen and oxygen atoms in total. The van der Waals surface area contributed by atoms with Crippen molar-refractivity contribution in [2.75, 3.05) is 84.5 Å². The van der Waals surface area contributed by atoms with Crippen molar-refractivity contribution in [3.63, 3.8) is 0 Å². The van der Waals surface area contributed by atoms with Crippen molar-refractivity contribution in [2.45, 2.75) is 67.1 Å². The van der Waals surface area contributed by atoms with E-state index >= 15 is 0 Å². The summed E-state index contributed by atoms with van der Waals surface area (Å²) in [6, 6.07) is 35.3. The first kappa shape index (κ1) is 53.4. The quantitative estimate of drug-likeness (QED) is 0.0588. The fourth-order valence-electron chi connectivity index (χ4n) is 10.2. The van der Waals surface area contributed by atoms with E-state index < -0.39 is 39.8 Å². The van der Waals surface area contributed by atoms with Gasteiger partial charge in [0.15, 0.2) is 0 Å². The highest BCUT2D eigenvalue weighted by atomic mass is 35.5. The highest BCUT2D eigenvalue weighted by molar-refractivity contribution is 7.99. The van der Waals surface area contributed by atoms with Crippen LogP contribution < -0.4 is 25.1 Å². The largest absolute Gasteiger partial charge is 0.501 e. The van der Waals surface area contributed by atoms with Gasteiger partial charge in [0.2, 0.25) is 0 Å². The molecule has 0 radical (unpaired) electrons. The summed E-state index contributed by atoms with van der Waals surface area (Å²) in [5, 5.41) is 24.1. The summed E-state index contributed by atoms with van der Waals surface area (Å²) < 4.78 is 94.7. The lowest BCUT2D eigenvalue weighted by Gasteiger charge is -2.37. The number of aliphatic hydroxyl groups excluding tert-OH is 1. The molecule has 2 atom stereocenters. The third-order valence-corrected chi connectivity index (χ3v) is 19.6. The topological polar surface area (TPSA) is 148 Å². The van der Waals surface area contributed by atoms with Crippen LogP contribution in [0.15, 0.2) is 131 Å².